The van der Waals surface area contributed by atoms with Crippen LogP contribution < -0.4 is 0 Å². The molecular weight excluding hydrogens is 468 g/mol. The Hall–Kier alpha value is -3.03. The van der Waals surface area contributed by atoms with E-state index in [9.17, 15) is 28.0 Å². The van der Waals surface area contributed by atoms with Gasteiger partial charge in [0.2, 0.25) is 10.0 Å². The van der Waals surface area contributed by atoms with Crippen molar-refractivity contribution in [2.45, 2.75) is 56.6 Å². The first-order valence-electron chi connectivity index (χ1n) is 10.4. The number of ether oxygens (including phenoxy) is 1. The second-order valence-electron chi connectivity index (χ2n) is 9.10. The molecule has 0 fully saturated rings. The van der Waals surface area contributed by atoms with E-state index < -0.39 is 45.7 Å². The van der Waals surface area contributed by atoms with E-state index in [0.717, 1.165) is 4.31 Å². The van der Waals surface area contributed by atoms with Crippen molar-refractivity contribution in [1.82, 2.24) is 14.4 Å². The highest BCUT2D eigenvalue weighted by molar-refractivity contribution is 7.89. The third-order valence-corrected chi connectivity index (χ3v) is 6.91. The lowest BCUT2D eigenvalue weighted by Gasteiger charge is -2.33. The molecule has 1 atom stereocenters. The first-order chi connectivity index (χ1) is 15.5. The number of hydrogen-bond donors (Lipinski definition) is 2. The van der Waals surface area contributed by atoms with Gasteiger partial charge in [-0.25, -0.2) is 22.5 Å². The first kappa shape index (κ1) is 27.2. The highest BCUT2D eigenvalue weighted by Crippen LogP contribution is 2.30. The minimum absolute atomic E-state index is 0.0529. The highest BCUT2D eigenvalue weighted by Gasteiger charge is 2.54. The SMILES string of the molecule is CN(C)S(=O)(=O)c1ccc(CCC2=NN(CC(=O)O)C(=O)C2(C)N(O)C(=O)OC(C)(C)C)cc1. The number of amides is 2. The van der Waals surface area contributed by atoms with E-state index >= 15 is 0 Å². The zero-order valence-electron chi connectivity index (χ0n) is 20.0. The van der Waals surface area contributed by atoms with Crippen LogP contribution in [0.3, 0.4) is 0 Å². The number of hydrogen-bond acceptors (Lipinski definition) is 8. The Morgan fingerprint density at radius 3 is 2.18 bits per heavy atom. The third-order valence-electron chi connectivity index (χ3n) is 5.08. The summed E-state index contributed by atoms with van der Waals surface area (Å²) in [5.74, 6) is -2.22. The standard InChI is InChI=1S/C21H30N4O8S/c1-20(2,3)33-19(29)25(30)21(4)16(22-24(18(21)28)13-17(26)27)12-9-14-7-10-15(11-8-14)34(31,32)23(5)6/h7-8,10-11,30H,9,12-13H2,1-6H3,(H,26,27). The van der Waals surface area contributed by atoms with Gasteiger partial charge in [0.15, 0.2) is 5.54 Å². The zero-order chi connectivity index (χ0) is 26.1. The lowest BCUT2D eigenvalue weighted by Crippen LogP contribution is -2.59. The molecule has 34 heavy (non-hydrogen) atoms. The molecule has 1 unspecified atom stereocenters. The van der Waals surface area contributed by atoms with Crippen LogP contribution in [0.1, 0.15) is 39.7 Å². The summed E-state index contributed by atoms with van der Waals surface area (Å²) in [6.45, 7) is 5.26. The van der Waals surface area contributed by atoms with Crippen LogP contribution in [0.2, 0.25) is 0 Å². The molecule has 13 heteroatoms. The van der Waals surface area contributed by atoms with Gasteiger partial charge in [-0.1, -0.05) is 12.1 Å². The van der Waals surface area contributed by atoms with Gasteiger partial charge in [0.05, 0.1) is 10.6 Å². The van der Waals surface area contributed by atoms with Crippen LogP contribution in [-0.2, 0) is 30.8 Å². The molecule has 1 heterocycles. The maximum atomic E-state index is 13.0. The third kappa shape index (κ3) is 5.72. The van der Waals surface area contributed by atoms with Gasteiger partial charge in [-0.05, 0) is 58.2 Å². The molecule has 2 rings (SSSR count). The van der Waals surface area contributed by atoms with E-state index in [1.807, 2.05) is 0 Å². The molecule has 0 aromatic heterocycles. The van der Waals surface area contributed by atoms with E-state index in [4.69, 9.17) is 9.84 Å². The van der Waals surface area contributed by atoms with Gasteiger partial charge in [0.1, 0.15) is 12.1 Å². The van der Waals surface area contributed by atoms with Crippen molar-refractivity contribution in [2.24, 2.45) is 5.10 Å². The Morgan fingerprint density at radius 2 is 1.71 bits per heavy atom. The van der Waals surface area contributed by atoms with Gasteiger partial charge >= 0.3 is 12.1 Å². The summed E-state index contributed by atoms with van der Waals surface area (Å²) in [5.41, 5.74) is -2.18. The predicted octanol–water partition coefficient (Wildman–Crippen LogP) is 1.54. The number of carbonyl (C=O) groups is 3. The van der Waals surface area contributed by atoms with Crippen LogP contribution in [0.15, 0.2) is 34.3 Å². The summed E-state index contributed by atoms with van der Waals surface area (Å²) in [5, 5.41) is 24.6. The summed E-state index contributed by atoms with van der Waals surface area (Å²) < 4.78 is 30.7. The van der Waals surface area contributed by atoms with Crippen molar-refractivity contribution in [1.29, 1.82) is 0 Å². The molecule has 1 aliphatic rings. The summed E-state index contributed by atoms with van der Waals surface area (Å²) >= 11 is 0. The van der Waals surface area contributed by atoms with Crippen LogP contribution in [0.25, 0.3) is 0 Å². The second kappa shape index (κ2) is 9.68. The van der Waals surface area contributed by atoms with Crippen LogP contribution >= 0.6 is 0 Å². The number of carboxylic acid groups (broad SMARTS) is 1. The molecule has 0 saturated heterocycles. The molecule has 2 N–H and O–H groups in total. The molecule has 1 aromatic rings. The molecule has 1 aliphatic heterocycles. The van der Waals surface area contributed by atoms with Gasteiger partial charge in [-0.3, -0.25) is 14.8 Å². The Kier molecular flexibility index (Phi) is 7.75. The second-order valence-corrected chi connectivity index (χ2v) is 11.3. The number of sulfonamides is 1. The topological polar surface area (TPSA) is 157 Å². The van der Waals surface area contributed by atoms with E-state index in [-0.39, 0.29) is 28.5 Å². The minimum Gasteiger partial charge on any atom is -0.480 e. The van der Waals surface area contributed by atoms with Crippen LogP contribution in [-0.4, -0.2) is 88.6 Å². The smallest absolute Gasteiger partial charge is 0.435 e. The fourth-order valence-corrected chi connectivity index (χ4v) is 4.10. The number of carboxylic acids is 1. The van der Waals surface area contributed by atoms with Gasteiger partial charge in [-0.2, -0.15) is 10.2 Å². The number of aryl methyl sites for hydroxylation is 1. The Morgan fingerprint density at radius 1 is 1.15 bits per heavy atom. The number of hydroxylamine groups is 2. The fourth-order valence-electron chi connectivity index (χ4n) is 3.19. The average molecular weight is 499 g/mol. The average Bonchev–Trinajstić information content (AvgIpc) is 2.95. The highest BCUT2D eigenvalue weighted by atomic mass is 32.2. The molecule has 1 aromatic carbocycles. The number of hydrazone groups is 1. The summed E-state index contributed by atoms with van der Waals surface area (Å²) in [6.07, 6.45) is -0.850. The van der Waals surface area contributed by atoms with Crippen molar-refractivity contribution in [3.05, 3.63) is 29.8 Å². The van der Waals surface area contributed by atoms with Gasteiger partial charge < -0.3 is 9.84 Å². The van der Waals surface area contributed by atoms with Gasteiger partial charge in [0.25, 0.3) is 5.91 Å². The quantitative estimate of drug-likeness (QED) is 0.404. The molecule has 0 bridgehead atoms. The maximum absolute atomic E-state index is 13.0. The Bertz CT molecular complexity index is 1090. The molecule has 0 saturated carbocycles. The monoisotopic (exact) mass is 498 g/mol. The summed E-state index contributed by atoms with van der Waals surface area (Å²) in [4.78, 5) is 36.7. The van der Waals surface area contributed by atoms with Crippen molar-refractivity contribution >= 4 is 33.7 Å². The first-order valence-corrected chi connectivity index (χ1v) is 11.8. The fraction of sp³-hybridized carbons (Fsp3) is 0.524. The van der Waals surface area contributed by atoms with Crippen molar-refractivity contribution in [3.63, 3.8) is 0 Å². The molecule has 0 aliphatic carbocycles. The molecular formula is C21H30N4O8S. The number of benzene rings is 1. The molecule has 188 valence electrons. The number of carbonyl (C=O) groups excluding carboxylic acids is 2. The Labute approximate surface area is 198 Å². The van der Waals surface area contributed by atoms with Gasteiger partial charge in [-0.15, -0.1) is 0 Å². The lowest BCUT2D eigenvalue weighted by molar-refractivity contribution is -0.165. The minimum atomic E-state index is -3.59. The molecule has 12 nitrogen and oxygen atoms in total. The number of aliphatic carboxylic acids is 1. The largest absolute Gasteiger partial charge is 0.480 e. The van der Waals surface area contributed by atoms with E-state index in [0.29, 0.717) is 10.6 Å². The zero-order valence-corrected chi connectivity index (χ0v) is 20.8. The Balaban J connectivity index is 2.31. The lowest BCUT2D eigenvalue weighted by atomic mass is 9.90. The molecule has 0 radical (unpaired) electrons. The molecule has 0 spiro atoms. The van der Waals surface area contributed by atoms with E-state index in [1.165, 1.54) is 33.2 Å². The molecule has 2 amide bonds. The van der Waals surface area contributed by atoms with E-state index in [2.05, 4.69) is 5.10 Å². The number of nitrogens with zero attached hydrogens (tertiary/aromatic N) is 4. The predicted molar refractivity (Wildman–Crippen MR) is 121 cm³/mol. The van der Waals surface area contributed by atoms with E-state index in [1.54, 1.807) is 32.9 Å². The van der Waals surface area contributed by atoms with Gasteiger partial charge in [0, 0.05) is 14.1 Å². The van der Waals surface area contributed by atoms with Crippen molar-refractivity contribution in [3.8, 4) is 0 Å². The number of rotatable bonds is 8. The summed E-state index contributed by atoms with van der Waals surface area (Å²) in [7, 11) is -0.745. The van der Waals surface area contributed by atoms with Crippen molar-refractivity contribution in [2.75, 3.05) is 20.6 Å². The maximum Gasteiger partial charge on any atom is 0.435 e. The summed E-state index contributed by atoms with van der Waals surface area (Å²) in [6, 6.07) is 6.10. The van der Waals surface area contributed by atoms with Crippen LogP contribution in [0.4, 0.5) is 4.79 Å². The van der Waals surface area contributed by atoms with Crippen LogP contribution in [0, 0.1) is 0 Å². The van der Waals surface area contributed by atoms with Crippen molar-refractivity contribution < 1.29 is 37.9 Å². The van der Waals surface area contributed by atoms with Crippen LogP contribution in [0.5, 0.6) is 0 Å². The normalized spacial score (nSPS) is 18.8.